The van der Waals surface area contributed by atoms with Gasteiger partial charge in [0.1, 0.15) is 42.1 Å². The van der Waals surface area contributed by atoms with Crippen molar-refractivity contribution in [3.05, 3.63) is 155 Å². The van der Waals surface area contributed by atoms with Gasteiger partial charge in [0.25, 0.3) is 0 Å². The number of hydrogen-bond acceptors (Lipinski definition) is 13. The zero-order valence-electron chi connectivity index (χ0n) is 38.5. The lowest BCUT2D eigenvalue weighted by molar-refractivity contribution is -0.177. The van der Waals surface area contributed by atoms with Gasteiger partial charge >= 0.3 is 12.1 Å². The molecular formula is C55H52N4O10S. The van der Waals surface area contributed by atoms with Gasteiger partial charge in [0.2, 0.25) is 11.8 Å². The lowest BCUT2D eigenvalue weighted by Crippen LogP contribution is -2.54. The van der Waals surface area contributed by atoms with Crippen molar-refractivity contribution in [3.8, 4) is 17.6 Å². The maximum absolute atomic E-state index is 16.5. The molecule has 358 valence electrons. The minimum Gasteiger partial charge on any atom is -0.491 e. The molecule has 6 aromatic rings. The van der Waals surface area contributed by atoms with E-state index in [9.17, 15) is 15.0 Å². The average Bonchev–Trinajstić information content (AvgIpc) is 3.95. The third-order valence-corrected chi connectivity index (χ3v) is 14.8. The number of hydrogen-bond donors (Lipinski definition) is 3. The average molecular weight is 961 g/mol. The molecule has 0 unspecified atom stereocenters. The van der Waals surface area contributed by atoms with Gasteiger partial charge in [-0.15, -0.1) is 0 Å². The van der Waals surface area contributed by atoms with Gasteiger partial charge in [-0.3, -0.25) is 19.3 Å². The molecule has 3 aliphatic heterocycles. The molecular weight excluding hydrogens is 909 g/mol. The van der Waals surface area contributed by atoms with Crippen LogP contribution in [-0.4, -0.2) is 89.2 Å². The molecule has 1 aromatic heterocycles. The standard InChI is InChI=1S/C55H52N4O10S/c1-66-31-32-68-53(64)58-42-24-23-35(25-28-54(65)26-12-2-3-13-27-54)33-40(42)55(51(58)63)44(49(61)57-52-56-41-21-10-11-22-43(41)70-52)46-50(62)69-47(37-17-8-5-9-18-37)45(36-15-6-4-7-16-36)59(46)48(55)38-19-14-20-39(34-38)67-30-29-60/h4-11,14-24,33-34,44-48,60,65H,2-3,12-13,26-27,29-32H2,1H3,(H,56,57,61)/t44-,45-,46-,47+,48+,55-/m1/s1. The van der Waals surface area contributed by atoms with Crippen LogP contribution in [0.2, 0.25) is 0 Å². The Labute approximate surface area is 409 Å². The minimum absolute atomic E-state index is 0.0366. The highest BCUT2D eigenvalue weighted by atomic mass is 32.1. The monoisotopic (exact) mass is 960 g/mol. The summed E-state index contributed by atoms with van der Waals surface area (Å²) in [5, 5.41) is 24.8. The number of anilines is 2. The Kier molecular flexibility index (Phi) is 13.2. The van der Waals surface area contributed by atoms with Crippen LogP contribution in [0.3, 0.4) is 0 Å². The Hall–Kier alpha value is -6.93. The second-order valence-corrected chi connectivity index (χ2v) is 19.1. The number of methoxy groups -OCH3 is 1. The molecule has 4 heterocycles. The molecule has 3 amide bonds. The number of ether oxygens (including phenoxy) is 4. The van der Waals surface area contributed by atoms with E-state index in [2.05, 4.69) is 17.2 Å². The van der Waals surface area contributed by atoms with Crippen LogP contribution in [0.15, 0.2) is 127 Å². The Balaban J connectivity index is 1.27. The number of imide groups is 1. The second kappa shape index (κ2) is 19.8. The molecule has 0 radical (unpaired) electrons. The number of thiazole rings is 1. The first-order valence-corrected chi connectivity index (χ1v) is 24.4. The Morgan fingerprint density at radius 2 is 1.54 bits per heavy atom. The number of aliphatic hydroxyl groups excluding tert-OH is 1. The van der Waals surface area contributed by atoms with E-state index in [0.717, 1.165) is 40.8 Å². The number of carbonyl (C=O) groups excluding carboxylic acids is 4. The number of carbonyl (C=O) groups is 4. The van der Waals surface area contributed by atoms with E-state index in [-0.39, 0.29) is 42.8 Å². The lowest BCUT2D eigenvalue weighted by atomic mass is 9.65. The molecule has 15 heteroatoms. The number of benzene rings is 5. The summed E-state index contributed by atoms with van der Waals surface area (Å²) in [6, 6.07) is 34.7. The van der Waals surface area contributed by atoms with Gasteiger partial charge in [0, 0.05) is 12.7 Å². The van der Waals surface area contributed by atoms with Crippen molar-refractivity contribution in [1.82, 2.24) is 9.88 Å². The van der Waals surface area contributed by atoms with Crippen molar-refractivity contribution in [2.24, 2.45) is 5.92 Å². The molecule has 1 saturated carbocycles. The van der Waals surface area contributed by atoms with Crippen LogP contribution in [0.1, 0.15) is 84.5 Å². The van der Waals surface area contributed by atoms with Gasteiger partial charge in [-0.25, -0.2) is 14.7 Å². The van der Waals surface area contributed by atoms with Crippen molar-refractivity contribution in [1.29, 1.82) is 0 Å². The molecule has 4 aliphatic rings. The van der Waals surface area contributed by atoms with Crippen molar-refractivity contribution < 1.29 is 48.3 Å². The van der Waals surface area contributed by atoms with Gasteiger partial charge in [-0.05, 0) is 90.4 Å². The summed E-state index contributed by atoms with van der Waals surface area (Å²) < 4.78 is 24.4. The van der Waals surface area contributed by atoms with Gasteiger partial charge in [0.15, 0.2) is 5.13 Å². The first-order valence-electron chi connectivity index (χ1n) is 23.6. The number of amides is 3. The smallest absolute Gasteiger partial charge is 0.421 e. The zero-order chi connectivity index (χ0) is 48.4. The van der Waals surface area contributed by atoms with Crippen LogP contribution in [-0.2, 0) is 34.0 Å². The van der Waals surface area contributed by atoms with Gasteiger partial charge in [-0.1, -0.05) is 121 Å². The number of esters is 1. The van der Waals surface area contributed by atoms with Crippen LogP contribution >= 0.6 is 11.3 Å². The van der Waals surface area contributed by atoms with E-state index in [1.54, 1.807) is 42.5 Å². The number of nitrogens with one attached hydrogen (secondary N) is 1. The fourth-order valence-electron chi connectivity index (χ4n) is 10.9. The van der Waals surface area contributed by atoms with Crippen molar-refractivity contribution in [2.75, 3.05) is 43.8 Å². The lowest BCUT2D eigenvalue weighted by Gasteiger charge is -2.46. The van der Waals surface area contributed by atoms with Crippen molar-refractivity contribution in [3.63, 3.8) is 0 Å². The molecule has 1 spiro atoms. The normalized spacial score (nSPS) is 23.7. The fourth-order valence-corrected chi connectivity index (χ4v) is 11.8. The molecule has 14 nitrogen and oxygen atoms in total. The summed E-state index contributed by atoms with van der Waals surface area (Å²) in [6.45, 7) is -0.452. The molecule has 2 saturated heterocycles. The van der Waals surface area contributed by atoms with E-state index in [1.165, 1.54) is 18.4 Å². The molecule has 10 rings (SSSR count). The zero-order valence-corrected chi connectivity index (χ0v) is 39.3. The van der Waals surface area contributed by atoms with Crippen LogP contribution in [0.5, 0.6) is 5.75 Å². The number of aromatic nitrogens is 1. The Bertz CT molecular complexity index is 2950. The summed E-state index contributed by atoms with van der Waals surface area (Å²) in [5.41, 5.74) is -0.0716. The van der Waals surface area contributed by atoms with E-state index < -0.39 is 65.0 Å². The van der Waals surface area contributed by atoms with Gasteiger partial charge < -0.3 is 34.5 Å². The summed E-state index contributed by atoms with van der Waals surface area (Å²) in [6.07, 6.45) is 2.67. The summed E-state index contributed by atoms with van der Waals surface area (Å²) in [5.74, 6) is 2.82. The molecule has 6 atom stereocenters. The van der Waals surface area contributed by atoms with Crippen LogP contribution in [0.4, 0.5) is 15.6 Å². The topological polar surface area (TPSA) is 177 Å². The quantitative estimate of drug-likeness (QED) is 0.0492. The summed E-state index contributed by atoms with van der Waals surface area (Å²) in [7, 11) is 1.46. The van der Waals surface area contributed by atoms with Crippen molar-refractivity contribution >= 4 is 56.2 Å². The number of para-hydroxylation sites is 1. The number of nitrogens with zero attached hydrogens (tertiary/aromatic N) is 3. The number of aliphatic hydroxyl groups is 2. The Morgan fingerprint density at radius 1 is 0.829 bits per heavy atom. The highest BCUT2D eigenvalue weighted by molar-refractivity contribution is 7.22. The molecule has 1 aliphatic carbocycles. The van der Waals surface area contributed by atoms with E-state index >= 15 is 14.4 Å². The SMILES string of the molecule is COCCOC(=O)N1C(=O)[C@@]2(c3cc(C#CC4(O)CCCCCC4)ccc31)[C@H](c1cccc(OCCO)c1)N1[C@H](c3ccccc3)[C@H](c3ccccc3)OC(=O)[C@H]1[C@@H]2C(=O)Nc1nc2ccccc2s1. The van der Waals surface area contributed by atoms with Gasteiger partial charge in [0.05, 0.1) is 47.1 Å². The number of rotatable bonds is 11. The molecule has 5 aromatic carbocycles. The van der Waals surface area contributed by atoms with E-state index in [1.807, 2.05) is 89.8 Å². The number of fused-ring (bicyclic) bond motifs is 4. The van der Waals surface area contributed by atoms with Crippen LogP contribution in [0.25, 0.3) is 10.2 Å². The van der Waals surface area contributed by atoms with Crippen LogP contribution < -0.4 is 15.0 Å². The first kappa shape index (κ1) is 46.8. The molecule has 70 heavy (non-hydrogen) atoms. The predicted octanol–water partition coefficient (Wildman–Crippen LogP) is 8.19. The largest absolute Gasteiger partial charge is 0.491 e. The summed E-state index contributed by atoms with van der Waals surface area (Å²) in [4.78, 5) is 70.2. The Morgan fingerprint density at radius 3 is 2.27 bits per heavy atom. The van der Waals surface area contributed by atoms with Gasteiger partial charge in [-0.2, -0.15) is 0 Å². The fraction of sp³-hybridized carbons (Fsp3) is 0.327. The number of cyclic esters (lactones) is 1. The van der Waals surface area contributed by atoms with E-state index in [0.29, 0.717) is 40.8 Å². The first-order chi connectivity index (χ1) is 34.1. The third-order valence-electron chi connectivity index (χ3n) is 13.9. The predicted molar refractivity (Wildman–Crippen MR) is 262 cm³/mol. The van der Waals surface area contributed by atoms with Crippen molar-refractivity contribution in [2.45, 2.75) is 73.8 Å². The highest BCUT2D eigenvalue weighted by Crippen LogP contribution is 2.66. The molecule has 3 fully saturated rings. The van der Waals surface area contributed by atoms with Crippen LogP contribution in [0, 0.1) is 17.8 Å². The number of morpholine rings is 1. The highest BCUT2D eigenvalue weighted by Gasteiger charge is 2.76. The second-order valence-electron chi connectivity index (χ2n) is 18.1. The molecule has 3 N–H and O–H groups in total. The molecule has 0 bridgehead atoms. The summed E-state index contributed by atoms with van der Waals surface area (Å²) >= 11 is 1.24. The maximum atomic E-state index is 16.5. The minimum atomic E-state index is -2.12. The van der Waals surface area contributed by atoms with E-state index in [4.69, 9.17) is 23.9 Å². The third kappa shape index (κ3) is 8.49. The maximum Gasteiger partial charge on any atom is 0.421 e.